The summed E-state index contributed by atoms with van der Waals surface area (Å²) in [4.78, 5) is 24.1. The van der Waals surface area contributed by atoms with E-state index in [-0.39, 0.29) is 5.91 Å². The number of anilines is 1. The van der Waals surface area contributed by atoms with Gasteiger partial charge in [0.1, 0.15) is 13.5 Å². The molecule has 6 nitrogen and oxygen atoms in total. The van der Waals surface area contributed by atoms with Crippen LogP contribution in [0.2, 0.25) is 19.6 Å². The van der Waals surface area contributed by atoms with Gasteiger partial charge in [0.25, 0.3) is 0 Å². The van der Waals surface area contributed by atoms with E-state index in [9.17, 15) is 4.79 Å². The van der Waals surface area contributed by atoms with Crippen molar-refractivity contribution in [3.63, 3.8) is 0 Å². The summed E-state index contributed by atoms with van der Waals surface area (Å²) in [5, 5.41) is 4.57. The third kappa shape index (κ3) is 5.85. The molecule has 0 saturated carbocycles. The molecule has 0 radical (unpaired) electrons. The van der Waals surface area contributed by atoms with Gasteiger partial charge >= 0.3 is 0 Å². The Bertz CT molecular complexity index is 801. The number of thiazole rings is 1. The van der Waals surface area contributed by atoms with Gasteiger partial charge in [0.15, 0.2) is 5.13 Å². The topological polar surface area (TPSA) is 71.3 Å². The quantitative estimate of drug-likeness (QED) is 0.746. The van der Waals surface area contributed by atoms with Crippen LogP contribution in [0, 0.1) is 5.92 Å². The number of rotatable bonds is 6. The van der Waals surface area contributed by atoms with Crippen molar-refractivity contribution in [3.8, 4) is 0 Å². The van der Waals surface area contributed by atoms with Gasteiger partial charge in [0.2, 0.25) is 11.8 Å². The highest BCUT2D eigenvalue weighted by atomic mass is 32.1. The fraction of sp³-hybridized carbons (Fsp3) is 0.526. The number of carbonyl (C=O) groups is 1. The van der Waals surface area contributed by atoms with Gasteiger partial charge in [-0.05, 0) is 45.0 Å². The zero-order valence-corrected chi connectivity index (χ0v) is 18.3. The first-order chi connectivity index (χ1) is 12.8. The minimum absolute atomic E-state index is 0.0573. The van der Waals surface area contributed by atoms with Crippen molar-refractivity contribution >= 4 is 48.0 Å². The molecule has 1 aliphatic rings. The van der Waals surface area contributed by atoms with E-state index >= 15 is 0 Å². The molecule has 0 atom stereocenters. The third-order valence-corrected chi connectivity index (χ3v) is 7.32. The van der Waals surface area contributed by atoms with Crippen LogP contribution in [0.1, 0.15) is 30.0 Å². The number of oxazole rings is 1. The summed E-state index contributed by atoms with van der Waals surface area (Å²) in [7, 11) is 0.649. The lowest BCUT2D eigenvalue weighted by Crippen LogP contribution is -2.36. The fourth-order valence-electron chi connectivity index (χ4n) is 2.98. The minimum Gasteiger partial charge on any atom is -0.447 e. The molecule has 1 saturated heterocycles. The summed E-state index contributed by atoms with van der Waals surface area (Å²) in [6.45, 7) is 8.83. The second kappa shape index (κ2) is 8.49. The molecule has 27 heavy (non-hydrogen) atoms. The van der Waals surface area contributed by atoms with Crippen molar-refractivity contribution in [1.82, 2.24) is 14.9 Å². The lowest BCUT2D eigenvalue weighted by atomic mass is 9.93. The predicted molar refractivity (Wildman–Crippen MR) is 114 cm³/mol. The van der Waals surface area contributed by atoms with Crippen molar-refractivity contribution < 1.29 is 9.21 Å². The van der Waals surface area contributed by atoms with Crippen LogP contribution in [0.25, 0.3) is 12.2 Å². The Morgan fingerprint density at radius 3 is 2.70 bits per heavy atom. The number of likely N-dealkylation sites (tertiary alicyclic amines) is 1. The van der Waals surface area contributed by atoms with Crippen LogP contribution < -0.4 is 10.7 Å². The van der Waals surface area contributed by atoms with E-state index in [0.717, 1.165) is 36.2 Å². The SMILES string of the molecule is CN1CCC(CC(=O)Nc2ncc(C=Cc3ncc([Si](C)(C)C)o3)s2)CC1. The van der Waals surface area contributed by atoms with Crippen LogP contribution in [-0.4, -0.2) is 49.0 Å². The van der Waals surface area contributed by atoms with E-state index in [1.807, 2.05) is 18.3 Å². The molecule has 1 fully saturated rings. The number of nitrogens with zero attached hydrogens (tertiary/aromatic N) is 3. The van der Waals surface area contributed by atoms with E-state index < -0.39 is 8.07 Å². The summed E-state index contributed by atoms with van der Waals surface area (Å²) < 4.78 is 5.81. The molecule has 8 heteroatoms. The average Bonchev–Trinajstić information content (AvgIpc) is 3.24. The van der Waals surface area contributed by atoms with E-state index in [2.05, 4.69) is 46.9 Å². The van der Waals surface area contributed by atoms with Crippen molar-refractivity contribution in [3.05, 3.63) is 23.2 Å². The average molecular weight is 405 g/mol. The van der Waals surface area contributed by atoms with E-state index in [0.29, 0.717) is 23.4 Å². The molecular formula is C19H28N4O2SSi. The van der Waals surface area contributed by atoms with Crippen molar-refractivity contribution in [2.24, 2.45) is 5.92 Å². The third-order valence-electron chi connectivity index (χ3n) is 4.74. The predicted octanol–water partition coefficient (Wildman–Crippen LogP) is 3.52. The zero-order chi connectivity index (χ0) is 19.4. The molecule has 0 aliphatic carbocycles. The molecule has 0 unspecified atom stereocenters. The van der Waals surface area contributed by atoms with Crippen molar-refractivity contribution in [1.29, 1.82) is 0 Å². The molecule has 1 aliphatic heterocycles. The Labute approximate surface area is 165 Å². The molecule has 146 valence electrons. The molecule has 0 aromatic carbocycles. The maximum atomic E-state index is 12.3. The standard InChI is InChI=1S/C19H28N4O2SSi/c1-23-9-7-14(8-10-23)11-16(24)22-19-21-12-15(26-19)5-6-17-20-13-18(25-17)27(2,3)4/h5-6,12-14H,7-11H2,1-4H3,(H,21,22,24). The number of hydrogen-bond donors (Lipinski definition) is 1. The lowest BCUT2D eigenvalue weighted by molar-refractivity contribution is -0.117. The van der Waals surface area contributed by atoms with Crippen LogP contribution >= 0.6 is 11.3 Å². The molecular weight excluding hydrogens is 376 g/mol. The first kappa shape index (κ1) is 20.0. The number of aromatic nitrogens is 2. The number of nitrogens with one attached hydrogen (secondary N) is 1. The first-order valence-electron chi connectivity index (χ1n) is 9.38. The van der Waals surface area contributed by atoms with Crippen LogP contribution in [0.4, 0.5) is 5.13 Å². The summed E-state index contributed by atoms with van der Waals surface area (Å²) >= 11 is 1.46. The van der Waals surface area contributed by atoms with Crippen LogP contribution in [0.15, 0.2) is 16.8 Å². The Hall–Kier alpha value is -1.77. The smallest absolute Gasteiger partial charge is 0.226 e. The summed E-state index contributed by atoms with van der Waals surface area (Å²) in [5.74, 6) is 1.14. The maximum absolute atomic E-state index is 12.3. The van der Waals surface area contributed by atoms with Gasteiger partial charge in [-0.1, -0.05) is 31.0 Å². The molecule has 0 spiro atoms. The zero-order valence-electron chi connectivity index (χ0n) is 16.5. The van der Waals surface area contributed by atoms with Gasteiger partial charge in [0, 0.05) is 23.6 Å². The van der Waals surface area contributed by atoms with Gasteiger partial charge in [0.05, 0.1) is 6.20 Å². The van der Waals surface area contributed by atoms with Crippen LogP contribution in [0.3, 0.4) is 0 Å². The monoisotopic (exact) mass is 404 g/mol. The van der Waals surface area contributed by atoms with Gasteiger partial charge in [-0.2, -0.15) is 0 Å². The normalized spacial score (nSPS) is 16.9. The number of hydrogen-bond acceptors (Lipinski definition) is 6. The Morgan fingerprint density at radius 1 is 1.30 bits per heavy atom. The highest BCUT2D eigenvalue weighted by Gasteiger charge is 2.21. The molecule has 2 aromatic rings. The van der Waals surface area contributed by atoms with E-state index in [4.69, 9.17) is 4.42 Å². The van der Waals surface area contributed by atoms with Gasteiger partial charge in [-0.3, -0.25) is 4.79 Å². The van der Waals surface area contributed by atoms with Crippen LogP contribution in [-0.2, 0) is 4.79 Å². The Balaban J connectivity index is 1.52. The number of piperidine rings is 1. The fourth-order valence-corrected chi connectivity index (χ4v) is 4.58. The highest BCUT2D eigenvalue weighted by Crippen LogP contribution is 2.23. The summed E-state index contributed by atoms with van der Waals surface area (Å²) in [6.07, 6.45) is 10.1. The Morgan fingerprint density at radius 2 is 2.04 bits per heavy atom. The molecule has 1 N–H and O–H groups in total. The minimum atomic E-state index is -1.48. The first-order valence-corrected chi connectivity index (χ1v) is 13.7. The number of amides is 1. The molecule has 1 amide bonds. The molecule has 3 rings (SSSR count). The second-order valence-corrected chi connectivity index (χ2v) is 14.3. The summed E-state index contributed by atoms with van der Waals surface area (Å²) in [6, 6.07) is 0. The number of carbonyl (C=O) groups excluding carboxylic acids is 1. The van der Waals surface area contributed by atoms with Gasteiger partial charge in [-0.25, -0.2) is 9.97 Å². The van der Waals surface area contributed by atoms with Gasteiger partial charge in [-0.15, -0.1) is 0 Å². The van der Waals surface area contributed by atoms with Gasteiger partial charge < -0.3 is 14.6 Å². The van der Waals surface area contributed by atoms with E-state index in [1.54, 1.807) is 6.20 Å². The molecule has 3 heterocycles. The summed E-state index contributed by atoms with van der Waals surface area (Å²) in [5.41, 5.74) is 0. The van der Waals surface area contributed by atoms with Crippen molar-refractivity contribution in [2.45, 2.75) is 38.9 Å². The van der Waals surface area contributed by atoms with Crippen molar-refractivity contribution in [2.75, 3.05) is 25.5 Å². The lowest BCUT2D eigenvalue weighted by Gasteiger charge is -2.28. The molecule has 2 aromatic heterocycles. The highest BCUT2D eigenvalue weighted by molar-refractivity contribution is 7.16. The second-order valence-electron chi connectivity index (χ2n) is 8.21. The Kier molecular flexibility index (Phi) is 6.28. The maximum Gasteiger partial charge on any atom is 0.226 e. The largest absolute Gasteiger partial charge is 0.447 e. The van der Waals surface area contributed by atoms with E-state index in [1.165, 1.54) is 11.3 Å². The molecule has 0 bridgehead atoms. The van der Waals surface area contributed by atoms with Crippen LogP contribution in [0.5, 0.6) is 0 Å².